The summed E-state index contributed by atoms with van der Waals surface area (Å²) in [6.07, 6.45) is 5.96. The molecule has 0 aromatic heterocycles. The van der Waals surface area contributed by atoms with E-state index in [1.807, 2.05) is 0 Å². The average molecular weight is 211 g/mol. The first-order valence-electron chi connectivity index (χ1n) is 5.64. The fourth-order valence-electron chi connectivity index (χ4n) is 2.43. The second kappa shape index (κ2) is 5.31. The Hall–Kier alpha value is -0.830. The molecule has 2 atom stereocenters. The zero-order valence-electron chi connectivity index (χ0n) is 9.46. The Balaban J connectivity index is 2.58. The normalized spacial score (nSPS) is 30.9. The molecular weight excluding hydrogens is 190 g/mol. The number of carbonyl (C=O) groups excluding carboxylic acids is 1. The Morgan fingerprint density at radius 1 is 1.73 bits per heavy atom. The van der Waals surface area contributed by atoms with Crippen molar-refractivity contribution in [1.82, 2.24) is 5.32 Å². The molecule has 86 valence electrons. The molecule has 0 radical (unpaired) electrons. The van der Waals surface area contributed by atoms with Gasteiger partial charge in [0.25, 0.3) is 0 Å². The maximum absolute atomic E-state index is 11.5. The standard InChI is InChI=1S/C12H21NO2/c1-3-5-11(15)13-12(9-14)7-4-6-10(2)8-12/h3,10,14H,1,4-9H2,2H3,(H,13,15). The molecule has 0 aromatic rings. The van der Waals surface area contributed by atoms with Crippen molar-refractivity contribution in [2.75, 3.05) is 6.61 Å². The van der Waals surface area contributed by atoms with E-state index in [1.54, 1.807) is 6.08 Å². The largest absolute Gasteiger partial charge is 0.394 e. The van der Waals surface area contributed by atoms with E-state index >= 15 is 0 Å². The second-order valence-corrected chi connectivity index (χ2v) is 4.68. The Morgan fingerprint density at radius 2 is 2.47 bits per heavy atom. The molecule has 2 N–H and O–H groups in total. The van der Waals surface area contributed by atoms with E-state index in [0.29, 0.717) is 12.3 Å². The van der Waals surface area contributed by atoms with Crippen molar-refractivity contribution in [1.29, 1.82) is 0 Å². The number of nitrogens with one attached hydrogen (secondary N) is 1. The van der Waals surface area contributed by atoms with Crippen LogP contribution in [0.3, 0.4) is 0 Å². The number of aliphatic hydroxyl groups excluding tert-OH is 1. The van der Waals surface area contributed by atoms with Crippen LogP contribution >= 0.6 is 0 Å². The number of amides is 1. The highest BCUT2D eigenvalue weighted by Crippen LogP contribution is 2.31. The molecule has 0 heterocycles. The van der Waals surface area contributed by atoms with Crippen molar-refractivity contribution in [2.45, 2.75) is 44.6 Å². The molecule has 3 nitrogen and oxygen atoms in total. The molecule has 0 aromatic carbocycles. The first-order chi connectivity index (χ1) is 7.12. The summed E-state index contributed by atoms with van der Waals surface area (Å²) in [6, 6.07) is 0. The molecule has 3 heteroatoms. The van der Waals surface area contributed by atoms with Crippen LogP contribution in [0.25, 0.3) is 0 Å². The Bertz CT molecular complexity index is 240. The molecule has 0 aliphatic heterocycles. The number of hydrogen-bond acceptors (Lipinski definition) is 2. The minimum Gasteiger partial charge on any atom is -0.394 e. The zero-order chi connectivity index (χ0) is 11.3. The average Bonchev–Trinajstić information content (AvgIpc) is 2.18. The highest BCUT2D eigenvalue weighted by molar-refractivity contribution is 5.78. The van der Waals surface area contributed by atoms with Gasteiger partial charge in [-0.1, -0.05) is 25.8 Å². The van der Waals surface area contributed by atoms with Gasteiger partial charge in [-0.3, -0.25) is 4.79 Å². The number of carbonyl (C=O) groups is 1. The van der Waals surface area contributed by atoms with Gasteiger partial charge in [-0.05, 0) is 18.8 Å². The first kappa shape index (κ1) is 12.2. The van der Waals surface area contributed by atoms with E-state index in [4.69, 9.17) is 0 Å². The van der Waals surface area contributed by atoms with Gasteiger partial charge in [-0.25, -0.2) is 0 Å². The van der Waals surface area contributed by atoms with E-state index in [2.05, 4.69) is 18.8 Å². The topological polar surface area (TPSA) is 49.3 Å². The smallest absolute Gasteiger partial charge is 0.224 e. The Labute approximate surface area is 91.6 Å². The molecule has 1 aliphatic rings. The number of rotatable bonds is 4. The van der Waals surface area contributed by atoms with Gasteiger partial charge >= 0.3 is 0 Å². The van der Waals surface area contributed by atoms with Gasteiger partial charge < -0.3 is 10.4 Å². The molecule has 1 aliphatic carbocycles. The van der Waals surface area contributed by atoms with Crippen LogP contribution in [0, 0.1) is 5.92 Å². The van der Waals surface area contributed by atoms with Crippen LogP contribution in [-0.4, -0.2) is 23.2 Å². The van der Waals surface area contributed by atoms with E-state index in [-0.39, 0.29) is 18.1 Å². The van der Waals surface area contributed by atoms with Crippen molar-refractivity contribution in [2.24, 2.45) is 5.92 Å². The van der Waals surface area contributed by atoms with E-state index in [1.165, 1.54) is 6.42 Å². The lowest BCUT2D eigenvalue weighted by Crippen LogP contribution is -2.53. The second-order valence-electron chi connectivity index (χ2n) is 4.68. The fourth-order valence-corrected chi connectivity index (χ4v) is 2.43. The summed E-state index contributed by atoms with van der Waals surface area (Å²) in [5, 5.41) is 12.4. The molecule has 1 rings (SSSR count). The minimum absolute atomic E-state index is 0.0341. The van der Waals surface area contributed by atoms with Gasteiger partial charge in [0.2, 0.25) is 5.91 Å². The predicted octanol–water partition coefficient (Wildman–Crippen LogP) is 1.62. The lowest BCUT2D eigenvalue weighted by molar-refractivity contribution is -0.123. The van der Waals surface area contributed by atoms with Crippen LogP contribution in [-0.2, 0) is 4.79 Å². The highest BCUT2D eigenvalue weighted by atomic mass is 16.3. The summed E-state index contributed by atoms with van der Waals surface area (Å²) in [4.78, 5) is 11.5. The van der Waals surface area contributed by atoms with Crippen molar-refractivity contribution >= 4 is 5.91 Å². The van der Waals surface area contributed by atoms with Crippen molar-refractivity contribution in [3.8, 4) is 0 Å². The van der Waals surface area contributed by atoms with Crippen LogP contribution in [0.4, 0.5) is 0 Å². The third-order valence-electron chi connectivity index (χ3n) is 3.13. The lowest BCUT2D eigenvalue weighted by atomic mass is 9.77. The summed E-state index contributed by atoms with van der Waals surface area (Å²) in [6.45, 7) is 5.75. The van der Waals surface area contributed by atoms with Crippen LogP contribution in [0.5, 0.6) is 0 Å². The molecule has 0 bridgehead atoms. The summed E-state index contributed by atoms with van der Waals surface area (Å²) in [5.74, 6) is 0.545. The van der Waals surface area contributed by atoms with Gasteiger partial charge in [-0.15, -0.1) is 6.58 Å². The summed E-state index contributed by atoms with van der Waals surface area (Å²) in [7, 11) is 0. The fraction of sp³-hybridized carbons (Fsp3) is 0.750. The minimum atomic E-state index is -0.377. The van der Waals surface area contributed by atoms with Gasteiger partial charge in [0.05, 0.1) is 12.1 Å². The van der Waals surface area contributed by atoms with Crippen molar-refractivity contribution in [3.63, 3.8) is 0 Å². The molecule has 0 saturated heterocycles. The van der Waals surface area contributed by atoms with Gasteiger partial charge in [0.1, 0.15) is 0 Å². The zero-order valence-corrected chi connectivity index (χ0v) is 9.46. The molecule has 1 saturated carbocycles. The Morgan fingerprint density at radius 3 is 3.00 bits per heavy atom. The number of aliphatic hydroxyl groups is 1. The van der Waals surface area contributed by atoms with E-state index in [0.717, 1.165) is 19.3 Å². The third kappa shape index (κ3) is 3.34. The first-order valence-corrected chi connectivity index (χ1v) is 5.64. The number of hydrogen-bond donors (Lipinski definition) is 2. The Kier molecular flexibility index (Phi) is 4.33. The van der Waals surface area contributed by atoms with Gasteiger partial charge in [0, 0.05) is 6.42 Å². The molecule has 15 heavy (non-hydrogen) atoms. The van der Waals surface area contributed by atoms with Crippen LogP contribution in [0.15, 0.2) is 12.7 Å². The van der Waals surface area contributed by atoms with Gasteiger partial charge in [-0.2, -0.15) is 0 Å². The quantitative estimate of drug-likeness (QED) is 0.694. The molecular formula is C12H21NO2. The summed E-state index contributed by atoms with van der Waals surface area (Å²) < 4.78 is 0. The molecule has 1 fully saturated rings. The van der Waals surface area contributed by atoms with Crippen LogP contribution < -0.4 is 5.32 Å². The predicted molar refractivity (Wildman–Crippen MR) is 60.4 cm³/mol. The van der Waals surface area contributed by atoms with Crippen LogP contribution in [0.1, 0.15) is 39.0 Å². The van der Waals surface area contributed by atoms with Crippen molar-refractivity contribution in [3.05, 3.63) is 12.7 Å². The SMILES string of the molecule is C=CCC(=O)NC1(CO)CCCC(C)C1. The summed E-state index contributed by atoms with van der Waals surface area (Å²) in [5.41, 5.74) is -0.377. The maximum atomic E-state index is 11.5. The summed E-state index contributed by atoms with van der Waals surface area (Å²) >= 11 is 0. The lowest BCUT2D eigenvalue weighted by Gasteiger charge is -2.39. The van der Waals surface area contributed by atoms with Gasteiger partial charge in [0.15, 0.2) is 0 Å². The molecule has 0 spiro atoms. The molecule has 2 unspecified atom stereocenters. The maximum Gasteiger partial charge on any atom is 0.224 e. The molecule has 1 amide bonds. The monoisotopic (exact) mass is 211 g/mol. The highest BCUT2D eigenvalue weighted by Gasteiger charge is 2.35. The van der Waals surface area contributed by atoms with Crippen LogP contribution in [0.2, 0.25) is 0 Å². The van der Waals surface area contributed by atoms with E-state index < -0.39 is 0 Å². The third-order valence-corrected chi connectivity index (χ3v) is 3.13. The van der Waals surface area contributed by atoms with E-state index in [9.17, 15) is 9.90 Å². The van der Waals surface area contributed by atoms with Crippen molar-refractivity contribution < 1.29 is 9.90 Å².